The molecule has 0 unspecified atom stereocenters. The minimum atomic E-state index is -0.137. The maximum Gasteiger partial charge on any atom is 0.262 e. The van der Waals surface area contributed by atoms with E-state index in [1.807, 2.05) is 0 Å². The van der Waals surface area contributed by atoms with Crippen molar-refractivity contribution < 1.29 is 9.28 Å². The van der Waals surface area contributed by atoms with Gasteiger partial charge >= 0.3 is 0 Å². The standard InChI is InChI=1S/C13H24NOS/c1-5-9-14(8-4,10-6-2)11-12-16-13(15)7-3/h3H,5-6,8-12H2,1-2,4H3/q+1. The molecule has 0 saturated carbocycles. The maximum absolute atomic E-state index is 11.0. The van der Waals surface area contributed by atoms with Crippen LogP contribution in [0.1, 0.15) is 33.6 Å². The summed E-state index contributed by atoms with van der Waals surface area (Å²) in [6.07, 6.45) is 7.44. The molecule has 92 valence electrons. The lowest BCUT2D eigenvalue weighted by molar-refractivity contribution is -0.924. The number of terminal acetylenes is 1. The van der Waals surface area contributed by atoms with Gasteiger partial charge in [-0.25, -0.2) is 0 Å². The van der Waals surface area contributed by atoms with E-state index in [4.69, 9.17) is 6.42 Å². The Hall–Kier alpha value is -0.460. The van der Waals surface area contributed by atoms with Gasteiger partial charge in [0.25, 0.3) is 5.12 Å². The number of carbonyl (C=O) groups excluding carboxylic acids is 1. The molecule has 0 fully saturated rings. The Morgan fingerprint density at radius 2 is 1.75 bits per heavy atom. The molecule has 0 heterocycles. The first-order valence-corrected chi connectivity index (χ1v) is 7.11. The monoisotopic (exact) mass is 242 g/mol. The Morgan fingerprint density at radius 1 is 1.19 bits per heavy atom. The van der Waals surface area contributed by atoms with E-state index in [-0.39, 0.29) is 5.12 Å². The fraction of sp³-hybridized carbons (Fsp3) is 0.769. The van der Waals surface area contributed by atoms with Gasteiger partial charge in [-0.1, -0.05) is 25.6 Å². The van der Waals surface area contributed by atoms with E-state index in [0.717, 1.165) is 23.3 Å². The number of quaternary nitrogens is 1. The fourth-order valence-corrected chi connectivity index (χ4v) is 2.88. The lowest BCUT2D eigenvalue weighted by Crippen LogP contribution is -2.50. The minimum absolute atomic E-state index is 0.137. The van der Waals surface area contributed by atoms with Crippen LogP contribution in [0.25, 0.3) is 0 Å². The Morgan fingerprint density at radius 3 is 2.12 bits per heavy atom. The van der Waals surface area contributed by atoms with Crippen LogP contribution in [0.4, 0.5) is 0 Å². The molecule has 0 aromatic rings. The average molecular weight is 242 g/mol. The second kappa shape index (κ2) is 8.66. The third-order valence-corrected chi connectivity index (χ3v) is 3.75. The van der Waals surface area contributed by atoms with Gasteiger partial charge in [0.2, 0.25) is 0 Å². The SMILES string of the molecule is C#CC(=O)SCC[N+](CC)(CCC)CCC. The number of hydrogen-bond acceptors (Lipinski definition) is 2. The largest absolute Gasteiger partial charge is 0.323 e. The molecular formula is C13H24NOS+. The average Bonchev–Trinajstić information content (AvgIpc) is 2.29. The van der Waals surface area contributed by atoms with Crippen LogP contribution < -0.4 is 0 Å². The number of hydrogen-bond donors (Lipinski definition) is 0. The fourth-order valence-electron chi connectivity index (χ4n) is 2.13. The van der Waals surface area contributed by atoms with Crippen LogP contribution in [0, 0.1) is 12.3 Å². The van der Waals surface area contributed by atoms with Crippen LogP contribution in [-0.2, 0) is 4.79 Å². The highest BCUT2D eigenvalue weighted by Gasteiger charge is 2.23. The van der Waals surface area contributed by atoms with Gasteiger partial charge < -0.3 is 4.48 Å². The van der Waals surface area contributed by atoms with Crippen LogP contribution in [-0.4, -0.2) is 41.5 Å². The van der Waals surface area contributed by atoms with E-state index in [0.29, 0.717) is 0 Å². The molecule has 0 bridgehead atoms. The number of thioether (sulfide) groups is 1. The maximum atomic E-state index is 11.0. The van der Waals surface area contributed by atoms with Crippen molar-refractivity contribution in [2.75, 3.05) is 31.9 Å². The Bertz CT molecular complexity index is 239. The first-order chi connectivity index (χ1) is 7.64. The first-order valence-electron chi connectivity index (χ1n) is 6.12. The lowest BCUT2D eigenvalue weighted by Gasteiger charge is -2.37. The molecule has 0 atom stereocenters. The molecule has 16 heavy (non-hydrogen) atoms. The van der Waals surface area contributed by atoms with Crippen molar-refractivity contribution in [1.82, 2.24) is 0 Å². The summed E-state index contributed by atoms with van der Waals surface area (Å²) in [6, 6.07) is 0. The van der Waals surface area contributed by atoms with Crippen molar-refractivity contribution in [2.24, 2.45) is 0 Å². The van der Waals surface area contributed by atoms with Gasteiger partial charge in [0, 0.05) is 0 Å². The summed E-state index contributed by atoms with van der Waals surface area (Å²) in [5, 5.41) is -0.137. The Labute approximate surface area is 104 Å². The summed E-state index contributed by atoms with van der Waals surface area (Å²) in [5.74, 6) is 2.99. The topological polar surface area (TPSA) is 17.1 Å². The summed E-state index contributed by atoms with van der Waals surface area (Å²) in [7, 11) is 0. The van der Waals surface area contributed by atoms with E-state index < -0.39 is 0 Å². The molecule has 0 spiro atoms. The van der Waals surface area contributed by atoms with Crippen LogP contribution >= 0.6 is 11.8 Å². The number of carbonyl (C=O) groups is 1. The van der Waals surface area contributed by atoms with E-state index in [1.54, 1.807) is 0 Å². The van der Waals surface area contributed by atoms with Crippen LogP contribution in [0.15, 0.2) is 0 Å². The molecule has 0 aromatic carbocycles. The summed E-state index contributed by atoms with van der Waals surface area (Å²) < 4.78 is 1.12. The first kappa shape index (κ1) is 15.5. The van der Waals surface area contributed by atoms with Crippen molar-refractivity contribution in [3.8, 4) is 12.3 Å². The van der Waals surface area contributed by atoms with Crippen molar-refractivity contribution in [3.05, 3.63) is 0 Å². The second-order valence-electron chi connectivity index (χ2n) is 4.11. The van der Waals surface area contributed by atoms with Gasteiger partial charge in [-0.05, 0) is 25.7 Å². The predicted octanol–water partition coefficient (Wildman–Crippen LogP) is 2.54. The Kier molecular flexibility index (Phi) is 8.42. The zero-order valence-corrected chi connectivity index (χ0v) is 11.6. The normalized spacial score (nSPS) is 11.1. The van der Waals surface area contributed by atoms with Crippen LogP contribution in [0.3, 0.4) is 0 Å². The highest BCUT2D eigenvalue weighted by atomic mass is 32.2. The number of nitrogens with zero attached hydrogens (tertiary/aromatic N) is 1. The van der Waals surface area contributed by atoms with Gasteiger partial charge in [-0.2, -0.15) is 0 Å². The molecule has 0 aliphatic rings. The molecule has 0 aliphatic heterocycles. The van der Waals surface area contributed by atoms with Gasteiger partial charge in [-0.3, -0.25) is 4.79 Å². The van der Waals surface area contributed by atoms with E-state index in [2.05, 4.69) is 26.7 Å². The minimum Gasteiger partial charge on any atom is -0.323 e. The highest BCUT2D eigenvalue weighted by molar-refractivity contribution is 8.14. The molecule has 2 nitrogen and oxygen atoms in total. The van der Waals surface area contributed by atoms with Crippen molar-refractivity contribution >= 4 is 16.9 Å². The van der Waals surface area contributed by atoms with E-state index >= 15 is 0 Å². The summed E-state index contributed by atoms with van der Waals surface area (Å²) >= 11 is 1.28. The van der Waals surface area contributed by atoms with Gasteiger partial charge in [-0.15, -0.1) is 6.42 Å². The zero-order valence-electron chi connectivity index (χ0n) is 10.8. The third-order valence-electron chi connectivity index (χ3n) is 2.98. The summed E-state index contributed by atoms with van der Waals surface area (Å²) in [4.78, 5) is 11.0. The third kappa shape index (κ3) is 5.58. The molecule has 0 aromatic heterocycles. The molecule has 0 radical (unpaired) electrons. The van der Waals surface area contributed by atoms with E-state index in [9.17, 15) is 4.79 Å². The predicted molar refractivity (Wildman–Crippen MR) is 72.3 cm³/mol. The molecule has 0 saturated heterocycles. The van der Waals surface area contributed by atoms with Crippen molar-refractivity contribution in [3.63, 3.8) is 0 Å². The Balaban J connectivity index is 4.19. The highest BCUT2D eigenvalue weighted by Crippen LogP contribution is 2.13. The molecular weight excluding hydrogens is 218 g/mol. The lowest BCUT2D eigenvalue weighted by atomic mass is 10.2. The van der Waals surface area contributed by atoms with Crippen LogP contribution in [0.2, 0.25) is 0 Å². The van der Waals surface area contributed by atoms with Crippen molar-refractivity contribution in [1.29, 1.82) is 0 Å². The molecule has 0 aliphatic carbocycles. The van der Waals surface area contributed by atoms with E-state index in [1.165, 1.54) is 37.7 Å². The van der Waals surface area contributed by atoms with Crippen molar-refractivity contribution in [2.45, 2.75) is 33.6 Å². The van der Waals surface area contributed by atoms with Crippen LogP contribution in [0.5, 0.6) is 0 Å². The molecule has 0 rings (SSSR count). The molecule has 0 amide bonds. The smallest absolute Gasteiger partial charge is 0.262 e. The zero-order chi connectivity index (χ0) is 12.4. The molecule has 0 N–H and O–H groups in total. The molecule has 3 heteroatoms. The summed E-state index contributed by atoms with van der Waals surface area (Å²) in [6.45, 7) is 11.3. The number of rotatable bonds is 8. The second-order valence-corrected chi connectivity index (χ2v) is 5.18. The van der Waals surface area contributed by atoms with Gasteiger partial charge in [0.05, 0.1) is 31.9 Å². The van der Waals surface area contributed by atoms with Gasteiger partial charge in [0.15, 0.2) is 0 Å². The quantitative estimate of drug-likeness (QED) is 0.480. The summed E-state index contributed by atoms with van der Waals surface area (Å²) in [5.41, 5.74) is 0. The van der Waals surface area contributed by atoms with Gasteiger partial charge in [0.1, 0.15) is 0 Å².